The molecule has 0 atom stereocenters. The van der Waals surface area contributed by atoms with Crippen LogP contribution in [0.2, 0.25) is 0 Å². The zero-order chi connectivity index (χ0) is 20.1. The average molecular weight is 399 g/mol. The second-order valence-corrected chi connectivity index (χ2v) is 6.52. The number of methoxy groups -OCH3 is 1. The van der Waals surface area contributed by atoms with Crippen molar-refractivity contribution >= 4 is 29.0 Å². The minimum Gasteiger partial charge on any atom is -0.497 e. The first-order chi connectivity index (χ1) is 13.5. The van der Waals surface area contributed by atoms with Gasteiger partial charge in [0.05, 0.1) is 13.5 Å². The molecular weight excluding hydrogens is 378 g/mol. The van der Waals surface area contributed by atoms with Crippen LogP contribution in [0, 0.1) is 13.8 Å². The number of amides is 1. The van der Waals surface area contributed by atoms with E-state index in [1.54, 1.807) is 11.6 Å². The Morgan fingerprint density at radius 1 is 1.21 bits per heavy atom. The van der Waals surface area contributed by atoms with Crippen molar-refractivity contribution in [3.8, 4) is 5.75 Å². The fourth-order valence-corrected chi connectivity index (χ4v) is 2.84. The number of thiocarbonyl (C=S) groups is 1. The molecule has 0 aliphatic heterocycles. The van der Waals surface area contributed by atoms with Crippen molar-refractivity contribution in [1.82, 2.24) is 35.8 Å². The Hall–Kier alpha value is -3.27. The maximum absolute atomic E-state index is 12.3. The Balaban J connectivity index is 1.50. The number of fused-ring (bicyclic) bond motifs is 1. The van der Waals surface area contributed by atoms with Gasteiger partial charge in [0.2, 0.25) is 5.91 Å². The van der Waals surface area contributed by atoms with Crippen LogP contribution in [0.3, 0.4) is 0 Å². The van der Waals surface area contributed by atoms with Crippen molar-refractivity contribution in [1.29, 1.82) is 0 Å². The fourth-order valence-electron chi connectivity index (χ4n) is 2.71. The highest BCUT2D eigenvalue weighted by Gasteiger charge is 2.14. The smallest absolute Gasteiger partial charge is 0.252 e. The molecule has 0 saturated carbocycles. The number of rotatable bonds is 5. The molecule has 0 saturated heterocycles. The lowest BCUT2D eigenvalue weighted by molar-refractivity contribution is -0.121. The van der Waals surface area contributed by atoms with Crippen molar-refractivity contribution in [2.45, 2.75) is 26.8 Å². The molecule has 0 spiro atoms. The zero-order valence-corrected chi connectivity index (χ0v) is 16.6. The SMILES string of the molecule is COc1ccc(CNC(=S)NNC(=O)Cc2c(C)nc3ncnn3c2C)cc1. The number of nitrogens with one attached hydrogen (secondary N) is 3. The van der Waals surface area contributed by atoms with Gasteiger partial charge < -0.3 is 10.1 Å². The molecule has 3 rings (SSSR count). The Bertz CT molecular complexity index is 1000. The lowest BCUT2D eigenvalue weighted by atomic mass is 10.1. The third-order valence-electron chi connectivity index (χ3n) is 4.25. The molecule has 0 aliphatic rings. The number of benzene rings is 1. The number of nitrogens with zero attached hydrogens (tertiary/aromatic N) is 4. The van der Waals surface area contributed by atoms with Gasteiger partial charge in [-0.05, 0) is 43.8 Å². The molecule has 0 aliphatic carbocycles. The molecule has 3 N–H and O–H groups in total. The van der Waals surface area contributed by atoms with Gasteiger partial charge in [0.15, 0.2) is 5.11 Å². The van der Waals surface area contributed by atoms with E-state index >= 15 is 0 Å². The zero-order valence-electron chi connectivity index (χ0n) is 15.8. The first kappa shape index (κ1) is 19.5. The van der Waals surface area contributed by atoms with E-state index in [9.17, 15) is 4.79 Å². The number of ether oxygens (including phenoxy) is 1. The van der Waals surface area contributed by atoms with Crippen LogP contribution in [-0.4, -0.2) is 37.7 Å². The summed E-state index contributed by atoms with van der Waals surface area (Å²) in [7, 11) is 1.62. The minimum atomic E-state index is -0.235. The van der Waals surface area contributed by atoms with Crippen LogP contribution in [-0.2, 0) is 17.8 Å². The van der Waals surface area contributed by atoms with Gasteiger partial charge in [-0.3, -0.25) is 15.6 Å². The third-order valence-corrected chi connectivity index (χ3v) is 4.50. The van der Waals surface area contributed by atoms with Gasteiger partial charge in [-0.25, -0.2) is 9.50 Å². The molecule has 1 aromatic carbocycles. The normalized spacial score (nSPS) is 10.5. The van der Waals surface area contributed by atoms with Gasteiger partial charge in [-0.15, -0.1) is 0 Å². The Morgan fingerprint density at radius 2 is 1.96 bits per heavy atom. The molecular formula is C18H21N7O2S. The third kappa shape index (κ3) is 4.52. The predicted molar refractivity (Wildman–Crippen MR) is 108 cm³/mol. The minimum absolute atomic E-state index is 0.147. The summed E-state index contributed by atoms with van der Waals surface area (Å²) in [5, 5.41) is 7.47. The molecule has 146 valence electrons. The van der Waals surface area contributed by atoms with Crippen molar-refractivity contribution in [2.75, 3.05) is 7.11 Å². The van der Waals surface area contributed by atoms with E-state index in [1.807, 2.05) is 38.1 Å². The Kier molecular flexibility index (Phi) is 5.99. The highest BCUT2D eigenvalue weighted by molar-refractivity contribution is 7.80. The van der Waals surface area contributed by atoms with E-state index in [2.05, 4.69) is 31.2 Å². The lowest BCUT2D eigenvalue weighted by Crippen LogP contribution is -2.47. The lowest BCUT2D eigenvalue weighted by Gasteiger charge is -2.13. The number of hydrogen-bond acceptors (Lipinski definition) is 6. The topological polar surface area (TPSA) is 105 Å². The van der Waals surface area contributed by atoms with E-state index in [0.29, 0.717) is 17.4 Å². The first-order valence-electron chi connectivity index (χ1n) is 8.59. The summed E-state index contributed by atoms with van der Waals surface area (Å²) in [6.45, 7) is 4.25. The molecule has 3 aromatic rings. The van der Waals surface area contributed by atoms with Crippen LogP contribution >= 0.6 is 12.2 Å². The van der Waals surface area contributed by atoms with E-state index in [4.69, 9.17) is 17.0 Å². The standard InChI is InChI=1S/C18H21N7O2S/c1-11-15(12(2)25-17(22-11)20-10-21-25)8-16(26)23-24-18(28)19-9-13-4-6-14(27-3)7-5-13/h4-7,10H,8-9H2,1-3H3,(H,23,26)(H2,19,24,28). The number of hydrazine groups is 1. The van der Waals surface area contributed by atoms with Gasteiger partial charge in [0.25, 0.3) is 5.78 Å². The van der Waals surface area contributed by atoms with Crippen molar-refractivity contribution in [3.05, 3.63) is 53.1 Å². The molecule has 28 heavy (non-hydrogen) atoms. The second-order valence-electron chi connectivity index (χ2n) is 6.11. The number of carbonyl (C=O) groups excluding carboxylic acids is 1. The highest BCUT2D eigenvalue weighted by Crippen LogP contribution is 2.13. The van der Waals surface area contributed by atoms with Gasteiger partial charge in [0.1, 0.15) is 12.1 Å². The van der Waals surface area contributed by atoms with Gasteiger partial charge in [-0.1, -0.05) is 12.1 Å². The number of aromatic nitrogens is 4. The van der Waals surface area contributed by atoms with E-state index in [1.165, 1.54) is 6.33 Å². The summed E-state index contributed by atoms with van der Waals surface area (Å²) in [6.07, 6.45) is 1.58. The van der Waals surface area contributed by atoms with E-state index in [0.717, 1.165) is 28.3 Å². The Labute approximate surface area is 167 Å². The van der Waals surface area contributed by atoms with Crippen LogP contribution in [0.25, 0.3) is 5.78 Å². The van der Waals surface area contributed by atoms with Gasteiger partial charge >= 0.3 is 0 Å². The van der Waals surface area contributed by atoms with Crippen LogP contribution in [0.15, 0.2) is 30.6 Å². The number of hydrogen-bond donors (Lipinski definition) is 3. The summed E-state index contributed by atoms with van der Waals surface area (Å²) >= 11 is 5.19. The Morgan fingerprint density at radius 3 is 2.68 bits per heavy atom. The molecule has 0 fully saturated rings. The molecule has 9 nitrogen and oxygen atoms in total. The predicted octanol–water partition coefficient (Wildman–Crippen LogP) is 0.988. The van der Waals surface area contributed by atoms with Crippen LogP contribution in [0.1, 0.15) is 22.5 Å². The number of carbonyl (C=O) groups is 1. The van der Waals surface area contributed by atoms with Crippen LogP contribution in [0.5, 0.6) is 5.75 Å². The van der Waals surface area contributed by atoms with Gasteiger partial charge in [-0.2, -0.15) is 10.1 Å². The first-order valence-corrected chi connectivity index (χ1v) is 9.00. The van der Waals surface area contributed by atoms with Crippen LogP contribution in [0.4, 0.5) is 0 Å². The molecule has 2 heterocycles. The quantitative estimate of drug-likeness (QED) is 0.431. The molecule has 1 amide bonds. The summed E-state index contributed by atoms with van der Waals surface area (Å²) in [6, 6.07) is 7.62. The summed E-state index contributed by atoms with van der Waals surface area (Å²) in [5.41, 5.74) is 8.71. The molecule has 0 radical (unpaired) electrons. The molecule has 0 unspecified atom stereocenters. The molecule has 10 heteroatoms. The monoisotopic (exact) mass is 399 g/mol. The summed E-state index contributed by atoms with van der Waals surface area (Å²) in [5.74, 6) is 1.07. The second kappa shape index (κ2) is 8.61. The van der Waals surface area contributed by atoms with Crippen molar-refractivity contribution < 1.29 is 9.53 Å². The number of aryl methyl sites for hydroxylation is 2. The van der Waals surface area contributed by atoms with Crippen molar-refractivity contribution in [2.24, 2.45) is 0 Å². The van der Waals surface area contributed by atoms with E-state index in [-0.39, 0.29) is 12.3 Å². The van der Waals surface area contributed by atoms with E-state index < -0.39 is 0 Å². The maximum atomic E-state index is 12.3. The summed E-state index contributed by atoms with van der Waals surface area (Å²) in [4.78, 5) is 20.7. The average Bonchev–Trinajstić information content (AvgIpc) is 3.16. The maximum Gasteiger partial charge on any atom is 0.252 e. The molecule has 2 aromatic heterocycles. The van der Waals surface area contributed by atoms with Crippen molar-refractivity contribution in [3.63, 3.8) is 0 Å². The largest absolute Gasteiger partial charge is 0.497 e. The van der Waals surface area contributed by atoms with Gasteiger partial charge in [0, 0.05) is 23.5 Å². The molecule has 0 bridgehead atoms. The summed E-state index contributed by atoms with van der Waals surface area (Å²) < 4.78 is 6.74. The fraction of sp³-hybridized carbons (Fsp3) is 0.278. The highest BCUT2D eigenvalue weighted by atomic mass is 32.1. The van der Waals surface area contributed by atoms with Crippen LogP contribution < -0.4 is 20.9 Å².